The summed E-state index contributed by atoms with van der Waals surface area (Å²) in [4.78, 5) is 2.13. The third-order valence-corrected chi connectivity index (χ3v) is 3.84. The minimum Gasteiger partial charge on any atom is -0.396 e. The lowest BCUT2D eigenvalue weighted by molar-refractivity contribution is 0.194. The Bertz CT molecular complexity index is 421. The molecule has 0 radical (unpaired) electrons. The summed E-state index contributed by atoms with van der Waals surface area (Å²) >= 11 is 0. The van der Waals surface area contributed by atoms with Crippen LogP contribution >= 0.6 is 0 Å². The zero-order valence-corrected chi connectivity index (χ0v) is 11.3. The summed E-state index contributed by atoms with van der Waals surface area (Å²) in [5.74, 6) is 0.0978. The van der Waals surface area contributed by atoms with Gasteiger partial charge in [-0.2, -0.15) is 0 Å². The van der Waals surface area contributed by atoms with Crippen molar-refractivity contribution in [2.24, 2.45) is 5.92 Å². The topological polar surface area (TPSA) is 43.7 Å². The van der Waals surface area contributed by atoms with Gasteiger partial charge < -0.3 is 15.1 Å². The number of aliphatic hydroxyl groups is 2. The molecule has 3 nitrogen and oxygen atoms in total. The first-order valence-corrected chi connectivity index (χ1v) is 6.95. The third-order valence-electron chi connectivity index (χ3n) is 3.84. The molecule has 0 saturated carbocycles. The van der Waals surface area contributed by atoms with Gasteiger partial charge in [0.15, 0.2) is 0 Å². The fraction of sp³-hybridized carbons (Fsp3) is 0.600. The largest absolute Gasteiger partial charge is 0.396 e. The molecular formula is C15H22FNO2. The highest BCUT2D eigenvalue weighted by Crippen LogP contribution is 2.32. The van der Waals surface area contributed by atoms with Gasteiger partial charge in [-0.05, 0) is 44.2 Å². The first-order chi connectivity index (χ1) is 9.13. The van der Waals surface area contributed by atoms with E-state index in [2.05, 4.69) is 4.90 Å². The lowest BCUT2D eigenvalue weighted by atomic mass is 9.94. The summed E-state index contributed by atoms with van der Waals surface area (Å²) in [5, 5.41) is 18.8. The Morgan fingerprint density at radius 1 is 1.47 bits per heavy atom. The van der Waals surface area contributed by atoms with Crippen molar-refractivity contribution < 1.29 is 14.6 Å². The summed E-state index contributed by atoms with van der Waals surface area (Å²) in [7, 11) is 0. The Morgan fingerprint density at radius 2 is 2.26 bits per heavy atom. The fourth-order valence-corrected chi connectivity index (χ4v) is 2.92. The second kappa shape index (κ2) is 6.35. The normalized spacial score (nSPS) is 21.5. The number of benzene rings is 1. The van der Waals surface area contributed by atoms with E-state index in [0.29, 0.717) is 11.5 Å². The van der Waals surface area contributed by atoms with E-state index in [0.717, 1.165) is 38.0 Å². The van der Waals surface area contributed by atoms with E-state index in [1.807, 2.05) is 6.07 Å². The molecule has 1 aliphatic heterocycles. The van der Waals surface area contributed by atoms with Crippen LogP contribution in [0.15, 0.2) is 18.2 Å². The summed E-state index contributed by atoms with van der Waals surface area (Å²) < 4.78 is 13.9. The van der Waals surface area contributed by atoms with Crippen molar-refractivity contribution in [1.82, 2.24) is 0 Å². The van der Waals surface area contributed by atoms with Crippen LogP contribution in [0.25, 0.3) is 0 Å². The standard InChI is InChI=1S/C15H22FNO2/c1-11(19)15-13(16)5-2-6-14(15)17-8-3-4-12(10-17)7-9-18/h2,5-6,11-12,18-19H,3-4,7-10H2,1H3/t11-,12?/m1/s1. The molecule has 4 heteroatoms. The number of nitrogens with zero attached hydrogens (tertiary/aromatic N) is 1. The molecule has 0 spiro atoms. The fourth-order valence-electron chi connectivity index (χ4n) is 2.92. The number of rotatable bonds is 4. The molecule has 0 aliphatic carbocycles. The molecule has 1 heterocycles. The minimum absolute atomic E-state index is 0.199. The number of piperidine rings is 1. The van der Waals surface area contributed by atoms with Crippen molar-refractivity contribution in [3.8, 4) is 0 Å². The highest BCUT2D eigenvalue weighted by molar-refractivity contribution is 5.55. The van der Waals surface area contributed by atoms with Gasteiger partial charge in [-0.1, -0.05) is 6.07 Å². The van der Waals surface area contributed by atoms with E-state index in [1.54, 1.807) is 13.0 Å². The van der Waals surface area contributed by atoms with Crippen molar-refractivity contribution in [1.29, 1.82) is 0 Å². The predicted octanol–water partition coefficient (Wildman–Crippen LogP) is 2.48. The molecule has 0 amide bonds. The van der Waals surface area contributed by atoms with E-state index >= 15 is 0 Å². The number of anilines is 1. The Balaban J connectivity index is 2.23. The van der Waals surface area contributed by atoms with Crippen LogP contribution in [-0.2, 0) is 0 Å². The van der Waals surface area contributed by atoms with Gasteiger partial charge in [-0.15, -0.1) is 0 Å². The van der Waals surface area contributed by atoms with Crippen molar-refractivity contribution in [3.05, 3.63) is 29.6 Å². The van der Waals surface area contributed by atoms with Crippen molar-refractivity contribution >= 4 is 5.69 Å². The molecule has 2 N–H and O–H groups in total. The van der Waals surface area contributed by atoms with E-state index in [4.69, 9.17) is 5.11 Å². The lowest BCUT2D eigenvalue weighted by Crippen LogP contribution is -2.36. The Kier molecular flexibility index (Phi) is 4.77. The molecule has 1 fully saturated rings. The second-order valence-electron chi connectivity index (χ2n) is 5.32. The van der Waals surface area contributed by atoms with Crippen LogP contribution in [0.4, 0.5) is 10.1 Å². The maximum absolute atomic E-state index is 13.9. The SMILES string of the molecule is C[C@@H](O)c1c(F)cccc1N1CCCC(CCO)C1. The van der Waals surface area contributed by atoms with Gasteiger partial charge in [0.2, 0.25) is 0 Å². The number of halogens is 1. The molecular weight excluding hydrogens is 245 g/mol. The third kappa shape index (κ3) is 3.25. The van der Waals surface area contributed by atoms with Gasteiger partial charge in [0, 0.05) is 30.9 Å². The number of hydrogen-bond acceptors (Lipinski definition) is 3. The van der Waals surface area contributed by atoms with Gasteiger partial charge in [0.05, 0.1) is 6.10 Å². The monoisotopic (exact) mass is 267 g/mol. The predicted molar refractivity (Wildman–Crippen MR) is 73.7 cm³/mol. The maximum Gasteiger partial charge on any atom is 0.131 e. The zero-order valence-electron chi connectivity index (χ0n) is 11.3. The molecule has 1 aliphatic rings. The van der Waals surface area contributed by atoms with Crippen LogP contribution in [0.2, 0.25) is 0 Å². The van der Waals surface area contributed by atoms with Crippen LogP contribution in [0.1, 0.15) is 37.9 Å². The highest BCUT2D eigenvalue weighted by atomic mass is 19.1. The minimum atomic E-state index is -0.811. The molecule has 19 heavy (non-hydrogen) atoms. The van der Waals surface area contributed by atoms with Crippen molar-refractivity contribution in [2.45, 2.75) is 32.3 Å². The maximum atomic E-state index is 13.9. The van der Waals surface area contributed by atoms with Crippen LogP contribution in [-0.4, -0.2) is 29.9 Å². The average molecular weight is 267 g/mol. The summed E-state index contributed by atoms with van der Waals surface area (Å²) in [6.07, 6.45) is 2.13. The first kappa shape index (κ1) is 14.3. The molecule has 2 atom stereocenters. The second-order valence-corrected chi connectivity index (χ2v) is 5.32. The van der Waals surface area contributed by atoms with E-state index in [1.165, 1.54) is 6.07 Å². The van der Waals surface area contributed by atoms with Crippen LogP contribution in [0.5, 0.6) is 0 Å². The van der Waals surface area contributed by atoms with Gasteiger partial charge >= 0.3 is 0 Å². The molecule has 0 bridgehead atoms. The van der Waals surface area contributed by atoms with E-state index in [9.17, 15) is 9.50 Å². The Labute approximate surface area is 113 Å². The smallest absolute Gasteiger partial charge is 0.131 e. The average Bonchev–Trinajstić information content (AvgIpc) is 2.38. The summed E-state index contributed by atoms with van der Waals surface area (Å²) in [6, 6.07) is 4.94. The van der Waals surface area contributed by atoms with Gasteiger partial charge in [0.25, 0.3) is 0 Å². The number of hydrogen-bond donors (Lipinski definition) is 2. The Morgan fingerprint density at radius 3 is 2.95 bits per heavy atom. The van der Waals surface area contributed by atoms with Gasteiger partial charge in [0.1, 0.15) is 5.82 Å². The van der Waals surface area contributed by atoms with Crippen LogP contribution < -0.4 is 4.90 Å². The zero-order chi connectivity index (χ0) is 13.8. The van der Waals surface area contributed by atoms with E-state index in [-0.39, 0.29) is 12.4 Å². The molecule has 1 aromatic rings. The Hall–Kier alpha value is -1.13. The molecule has 2 rings (SSSR count). The molecule has 0 aromatic heterocycles. The highest BCUT2D eigenvalue weighted by Gasteiger charge is 2.24. The molecule has 1 unspecified atom stereocenters. The van der Waals surface area contributed by atoms with Crippen molar-refractivity contribution in [2.75, 3.05) is 24.6 Å². The van der Waals surface area contributed by atoms with E-state index < -0.39 is 6.10 Å². The molecule has 106 valence electrons. The van der Waals surface area contributed by atoms with Crippen LogP contribution in [0.3, 0.4) is 0 Å². The number of aliphatic hydroxyl groups excluding tert-OH is 2. The summed E-state index contributed by atoms with van der Waals surface area (Å²) in [6.45, 7) is 3.50. The first-order valence-electron chi connectivity index (χ1n) is 6.95. The van der Waals surface area contributed by atoms with Gasteiger partial charge in [-0.3, -0.25) is 0 Å². The summed E-state index contributed by atoms with van der Waals surface area (Å²) in [5.41, 5.74) is 1.17. The lowest BCUT2D eigenvalue weighted by Gasteiger charge is -2.36. The molecule has 1 aromatic carbocycles. The molecule has 1 saturated heterocycles. The quantitative estimate of drug-likeness (QED) is 0.881. The van der Waals surface area contributed by atoms with Crippen LogP contribution in [0, 0.1) is 11.7 Å². The van der Waals surface area contributed by atoms with Gasteiger partial charge in [-0.25, -0.2) is 4.39 Å². The van der Waals surface area contributed by atoms with Crippen molar-refractivity contribution in [3.63, 3.8) is 0 Å².